The van der Waals surface area contributed by atoms with Gasteiger partial charge in [0, 0.05) is 22.7 Å². The highest BCUT2D eigenvalue weighted by Gasteiger charge is 2.70. The number of aromatic nitrogens is 1. The zero-order valence-corrected chi connectivity index (χ0v) is 33.4. The van der Waals surface area contributed by atoms with Gasteiger partial charge in [-0.3, -0.25) is 34.3 Å². The first-order valence-electron chi connectivity index (χ1n) is 17.9. The molecule has 1 aromatic heterocycles. The number of phenols is 1. The van der Waals surface area contributed by atoms with Gasteiger partial charge in [0.15, 0.2) is 23.1 Å². The highest BCUT2D eigenvalue weighted by Crippen LogP contribution is 2.65. The summed E-state index contributed by atoms with van der Waals surface area (Å²) in [7, 11) is 1.34. The Kier molecular flexibility index (Phi) is 9.71. The molecule has 2 saturated heterocycles. The van der Waals surface area contributed by atoms with Crippen LogP contribution in [-0.2, 0) is 30.8 Å². The minimum atomic E-state index is -4.77. The van der Waals surface area contributed by atoms with Gasteiger partial charge in [-0.25, -0.2) is 4.98 Å². The predicted octanol–water partition coefficient (Wildman–Crippen LogP) is 8.28. The third-order valence-corrected chi connectivity index (χ3v) is 12.8. The second-order valence-electron chi connectivity index (χ2n) is 14.6. The molecule has 298 valence electrons. The van der Waals surface area contributed by atoms with Crippen LogP contribution in [0.5, 0.6) is 11.5 Å². The van der Waals surface area contributed by atoms with Crippen molar-refractivity contribution in [2.24, 2.45) is 23.7 Å². The largest absolute Gasteiger partial charge is 0.503 e. The molecule has 4 amide bonds. The summed E-state index contributed by atoms with van der Waals surface area (Å²) in [6, 6.07) is 16.2. The fraction of sp³-hybridized carbons (Fsp3) is 0.268. The van der Waals surface area contributed by atoms with E-state index < -0.39 is 81.2 Å². The van der Waals surface area contributed by atoms with E-state index in [1.807, 2.05) is 6.08 Å². The maximum absolute atomic E-state index is 15.4. The van der Waals surface area contributed by atoms with E-state index >= 15 is 4.79 Å². The number of anilines is 2. The van der Waals surface area contributed by atoms with Gasteiger partial charge in [-0.05, 0) is 107 Å². The molecule has 1 saturated carbocycles. The molecule has 3 fully saturated rings. The van der Waals surface area contributed by atoms with E-state index in [4.69, 9.17) is 27.9 Å². The Balaban J connectivity index is 1.32. The van der Waals surface area contributed by atoms with Gasteiger partial charge in [0.05, 0.1) is 51.0 Å². The number of hydrogen-bond acceptors (Lipinski definition) is 9. The molecule has 6 atom stereocenters. The van der Waals surface area contributed by atoms with Crippen LogP contribution in [0.4, 0.5) is 24.7 Å². The summed E-state index contributed by atoms with van der Waals surface area (Å²) >= 11 is 16.0. The fourth-order valence-corrected chi connectivity index (χ4v) is 9.97. The fourth-order valence-electron chi connectivity index (χ4n) is 9.17. The molecule has 4 aromatic rings. The van der Waals surface area contributed by atoms with Crippen LogP contribution in [0.2, 0.25) is 10.0 Å². The number of ether oxygens (including phenoxy) is 1. The molecule has 0 bridgehead atoms. The molecule has 17 heteroatoms. The number of Topliss-reactive ketones (excluding diaryl/α,β-unsaturated/α-hetero) is 1. The lowest BCUT2D eigenvalue weighted by molar-refractivity contribution is -0.139. The van der Waals surface area contributed by atoms with Crippen LogP contribution in [0.1, 0.15) is 52.7 Å². The number of carbonyl (C=O) groups is 5. The van der Waals surface area contributed by atoms with Gasteiger partial charge in [-0.15, -0.1) is 0 Å². The Labute approximate surface area is 346 Å². The number of allylic oxidation sites excluding steroid dienone is 2. The van der Waals surface area contributed by atoms with Gasteiger partial charge in [0.2, 0.25) is 11.8 Å². The van der Waals surface area contributed by atoms with Crippen molar-refractivity contribution < 1.29 is 47.0 Å². The molecule has 2 N–H and O–H groups in total. The van der Waals surface area contributed by atoms with Crippen molar-refractivity contribution >= 4 is 80.0 Å². The standard InChI is InChI=1S/C41H30BrCl2F3N4O7/c1-18(52)19-3-9-24(10-4-19)50-36(54)26-12-11-25-27(32(26)38(50)56)16-28-37(55)51(49-35-30(44)15-22(17-48-35)41(45,46)47)39(57)40(28,21-5-7-23(43)8-6-21)33(25)20-13-29(42)34(53)31(14-20)58-2/h3-11,13-15,17,26-28,32-33,53H,12,16H2,1-2H3,(H,48,49). The van der Waals surface area contributed by atoms with Gasteiger partial charge < -0.3 is 9.84 Å². The van der Waals surface area contributed by atoms with Crippen molar-refractivity contribution in [1.29, 1.82) is 0 Å². The van der Waals surface area contributed by atoms with Crippen molar-refractivity contribution in [1.82, 2.24) is 9.99 Å². The number of alkyl halides is 3. The number of carbonyl (C=O) groups excluding carboxylic acids is 5. The maximum Gasteiger partial charge on any atom is 0.417 e. The predicted molar refractivity (Wildman–Crippen MR) is 208 cm³/mol. The van der Waals surface area contributed by atoms with Crippen LogP contribution in [0.3, 0.4) is 0 Å². The lowest BCUT2D eigenvalue weighted by Gasteiger charge is -2.50. The number of nitrogens with one attached hydrogen (secondary N) is 1. The minimum absolute atomic E-state index is 0.0309. The average molecular weight is 899 g/mol. The number of rotatable bonds is 7. The van der Waals surface area contributed by atoms with Crippen molar-refractivity contribution in [3.63, 3.8) is 0 Å². The van der Waals surface area contributed by atoms with E-state index in [-0.39, 0.29) is 40.3 Å². The van der Waals surface area contributed by atoms with E-state index in [9.17, 15) is 37.5 Å². The Bertz CT molecular complexity index is 2480. The van der Waals surface area contributed by atoms with E-state index in [1.165, 1.54) is 44.4 Å². The first kappa shape index (κ1) is 39.6. The zero-order chi connectivity index (χ0) is 41.6. The highest BCUT2D eigenvalue weighted by atomic mass is 79.9. The molecule has 8 rings (SSSR count). The minimum Gasteiger partial charge on any atom is -0.503 e. The summed E-state index contributed by atoms with van der Waals surface area (Å²) in [4.78, 5) is 75.9. The van der Waals surface area contributed by atoms with Crippen LogP contribution in [0.25, 0.3) is 0 Å². The van der Waals surface area contributed by atoms with Gasteiger partial charge in [-0.1, -0.05) is 47.0 Å². The highest BCUT2D eigenvalue weighted by molar-refractivity contribution is 9.10. The van der Waals surface area contributed by atoms with E-state index in [1.54, 1.807) is 30.3 Å². The number of hydrogen-bond donors (Lipinski definition) is 2. The van der Waals surface area contributed by atoms with E-state index in [0.717, 1.165) is 4.90 Å². The van der Waals surface area contributed by atoms with Crippen molar-refractivity contribution in [3.8, 4) is 11.5 Å². The Morgan fingerprint density at radius 3 is 2.29 bits per heavy atom. The maximum atomic E-state index is 15.4. The SMILES string of the molecule is COc1cc(C2C3=CCC4C(=O)N(c5ccc(C(C)=O)cc5)C(=O)C4C3CC3C(=O)N(Nc4ncc(C(F)(F)F)cc4Cl)C(=O)C32c2ccc(Cl)cc2)cc(Br)c1O. The molecule has 3 aromatic carbocycles. The van der Waals surface area contributed by atoms with E-state index in [2.05, 4.69) is 26.3 Å². The lowest BCUT2D eigenvalue weighted by atomic mass is 9.49. The summed E-state index contributed by atoms with van der Waals surface area (Å²) in [5, 5.41) is 11.4. The molecule has 58 heavy (non-hydrogen) atoms. The van der Waals surface area contributed by atoms with Crippen LogP contribution >= 0.6 is 39.1 Å². The smallest absolute Gasteiger partial charge is 0.417 e. The number of fused-ring (bicyclic) bond motifs is 4. The average Bonchev–Trinajstić information content (AvgIpc) is 3.57. The number of methoxy groups -OCH3 is 1. The number of nitrogens with zero attached hydrogens (tertiary/aromatic N) is 3. The monoisotopic (exact) mass is 896 g/mol. The van der Waals surface area contributed by atoms with Crippen LogP contribution in [0, 0.1) is 23.7 Å². The molecule has 3 heterocycles. The molecule has 2 aliphatic heterocycles. The molecule has 4 aliphatic rings. The van der Waals surface area contributed by atoms with Gasteiger partial charge in [-0.2, -0.15) is 18.2 Å². The topological polar surface area (TPSA) is 146 Å². The van der Waals surface area contributed by atoms with Crippen LogP contribution < -0.4 is 15.1 Å². The van der Waals surface area contributed by atoms with E-state index in [0.29, 0.717) is 44.6 Å². The summed E-state index contributed by atoms with van der Waals surface area (Å²) in [6.07, 6.45) is -2.43. The number of benzene rings is 3. The van der Waals surface area contributed by atoms with Crippen molar-refractivity contribution in [2.45, 2.75) is 37.3 Å². The third-order valence-electron chi connectivity index (χ3n) is 11.7. The second kappa shape index (κ2) is 14.2. The van der Waals surface area contributed by atoms with Crippen molar-refractivity contribution in [2.75, 3.05) is 17.4 Å². The van der Waals surface area contributed by atoms with Gasteiger partial charge in [0.1, 0.15) is 0 Å². The third kappa shape index (κ3) is 5.99. The molecule has 2 aliphatic carbocycles. The molecule has 6 unspecified atom stereocenters. The number of imide groups is 2. The number of hydrazine groups is 1. The normalized spacial score (nSPS) is 25.3. The summed E-state index contributed by atoms with van der Waals surface area (Å²) in [5.41, 5.74) is 1.64. The summed E-state index contributed by atoms with van der Waals surface area (Å²) in [6.45, 7) is 1.40. The summed E-state index contributed by atoms with van der Waals surface area (Å²) < 4.78 is 46.3. The molecule has 11 nitrogen and oxygen atoms in total. The lowest BCUT2D eigenvalue weighted by Crippen LogP contribution is -2.53. The number of pyridine rings is 1. The number of halogens is 6. The van der Waals surface area contributed by atoms with Crippen LogP contribution in [-0.4, -0.2) is 51.6 Å². The quantitative estimate of drug-likeness (QED) is 0.106. The molecular formula is C41H30BrCl2F3N4O7. The Hall–Kier alpha value is -5.25. The number of amides is 4. The Morgan fingerprint density at radius 1 is 0.983 bits per heavy atom. The van der Waals surface area contributed by atoms with Gasteiger partial charge in [0.25, 0.3) is 11.8 Å². The molecule has 0 spiro atoms. The summed E-state index contributed by atoms with van der Waals surface area (Å²) in [5.74, 6) is -8.26. The first-order valence-corrected chi connectivity index (χ1v) is 19.4. The van der Waals surface area contributed by atoms with Crippen molar-refractivity contribution in [3.05, 3.63) is 121 Å². The number of aromatic hydroxyl groups is 1. The van der Waals surface area contributed by atoms with Gasteiger partial charge >= 0.3 is 6.18 Å². The second-order valence-corrected chi connectivity index (χ2v) is 16.3. The molecular weight excluding hydrogens is 868 g/mol. The number of ketones is 1. The number of phenolic OH excluding ortho intramolecular Hbond substituents is 1. The Morgan fingerprint density at radius 2 is 1.67 bits per heavy atom. The molecule has 0 radical (unpaired) electrons. The van der Waals surface area contributed by atoms with Crippen LogP contribution in [0.15, 0.2) is 89.0 Å². The zero-order valence-electron chi connectivity index (χ0n) is 30.3. The first-order chi connectivity index (χ1) is 27.5.